The van der Waals surface area contributed by atoms with E-state index in [2.05, 4.69) is 33.4 Å². The van der Waals surface area contributed by atoms with Crippen molar-refractivity contribution in [2.45, 2.75) is 65.7 Å². The van der Waals surface area contributed by atoms with Crippen molar-refractivity contribution in [1.29, 1.82) is 0 Å². The maximum absolute atomic E-state index is 3.86. The molecular weight excluding hydrogens is 156 g/mol. The van der Waals surface area contributed by atoms with Gasteiger partial charge in [-0.2, -0.15) is 0 Å². The van der Waals surface area contributed by atoms with Crippen LogP contribution in [0, 0.1) is 5.41 Å². The molecule has 0 atom stereocenters. The molecule has 0 aromatic heterocycles. The first-order valence-corrected chi connectivity index (χ1v) is 5.79. The van der Waals surface area contributed by atoms with Crippen LogP contribution in [-0.2, 0) is 0 Å². The van der Waals surface area contributed by atoms with Crippen molar-refractivity contribution in [3.63, 3.8) is 0 Å². The van der Waals surface area contributed by atoms with Gasteiger partial charge in [0, 0.05) is 0 Å². The predicted molar refractivity (Wildman–Crippen MR) is 62.0 cm³/mol. The highest BCUT2D eigenvalue weighted by Gasteiger charge is 2.20. The summed E-state index contributed by atoms with van der Waals surface area (Å²) in [6.45, 7) is 10.8. The van der Waals surface area contributed by atoms with E-state index in [1.807, 2.05) is 0 Å². The molecule has 13 heavy (non-hydrogen) atoms. The summed E-state index contributed by atoms with van der Waals surface area (Å²) in [6.07, 6.45) is 11.4. The van der Waals surface area contributed by atoms with E-state index in [1.165, 1.54) is 44.9 Å². The lowest BCUT2D eigenvalue weighted by Crippen LogP contribution is -2.15. The molecule has 0 saturated heterocycles. The van der Waals surface area contributed by atoms with Gasteiger partial charge in [0.05, 0.1) is 0 Å². The highest BCUT2D eigenvalue weighted by atomic mass is 14.3. The van der Waals surface area contributed by atoms with E-state index in [4.69, 9.17) is 0 Å². The second-order valence-electron chi connectivity index (χ2n) is 4.51. The first-order chi connectivity index (χ1) is 6.18. The summed E-state index contributed by atoms with van der Waals surface area (Å²) < 4.78 is 0. The Labute approximate surface area is 84.4 Å². The zero-order valence-electron chi connectivity index (χ0n) is 9.73. The van der Waals surface area contributed by atoms with Gasteiger partial charge in [0.1, 0.15) is 0 Å². The number of hydrogen-bond acceptors (Lipinski definition) is 0. The lowest BCUT2D eigenvalue weighted by atomic mass is 9.77. The van der Waals surface area contributed by atoms with Crippen LogP contribution >= 0.6 is 0 Å². The molecule has 0 nitrogen and oxygen atoms in total. The Balaban J connectivity index is 3.90. The average Bonchev–Trinajstić information content (AvgIpc) is 2.12. The Morgan fingerprint density at radius 1 is 1.08 bits per heavy atom. The second kappa shape index (κ2) is 7.17. The van der Waals surface area contributed by atoms with Crippen molar-refractivity contribution in [3.05, 3.63) is 12.7 Å². The molecule has 0 aromatic carbocycles. The van der Waals surface area contributed by atoms with Gasteiger partial charge in [-0.15, -0.1) is 6.58 Å². The number of rotatable bonds is 8. The Kier molecular flexibility index (Phi) is 7.03. The van der Waals surface area contributed by atoms with Crippen molar-refractivity contribution in [3.8, 4) is 0 Å². The lowest BCUT2D eigenvalue weighted by molar-refractivity contribution is 0.259. The van der Waals surface area contributed by atoms with Gasteiger partial charge in [-0.05, 0) is 24.7 Å². The molecule has 0 aromatic rings. The van der Waals surface area contributed by atoms with Crippen LogP contribution in [0.15, 0.2) is 12.7 Å². The maximum atomic E-state index is 3.86. The third kappa shape index (κ3) is 5.90. The Morgan fingerprint density at radius 3 is 1.85 bits per heavy atom. The van der Waals surface area contributed by atoms with Crippen LogP contribution < -0.4 is 0 Å². The van der Waals surface area contributed by atoms with E-state index in [1.54, 1.807) is 0 Å². The Hall–Kier alpha value is -0.260. The topological polar surface area (TPSA) is 0 Å². The second-order valence-corrected chi connectivity index (χ2v) is 4.51. The van der Waals surface area contributed by atoms with Gasteiger partial charge in [0.15, 0.2) is 0 Å². The largest absolute Gasteiger partial charge is 0.103 e. The van der Waals surface area contributed by atoms with Gasteiger partial charge in [0.25, 0.3) is 0 Å². The molecule has 0 aliphatic heterocycles. The first-order valence-electron chi connectivity index (χ1n) is 5.79. The number of hydrogen-bond donors (Lipinski definition) is 0. The van der Waals surface area contributed by atoms with Gasteiger partial charge in [-0.25, -0.2) is 0 Å². The van der Waals surface area contributed by atoms with Gasteiger partial charge in [-0.3, -0.25) is 0 Å². The van der Waals surface area contributed by atoms with E-state index in [9.17, 15) is 0 Å². The molecular formula is C13H26. The van der Waals surface area contributed by atoms with Crippen LogP contribution in [0.4, 0.5) is 0 Å². The molecule has 0 N–H and O–H groups in total. The van der Waals surface area contributed by atoms with E-state index in [0.29, 0.717) is 5.41 Å². The van der Waals surface area contributed by atoms with Crippen LogP contribution in [0.2, 0.25) is 0 Å². The SMILES string of the molecule is C=CCC(C)(CCCC)CCCC. The van der Waals surface area contributed by atoms with E-state index >= 15 is 0 Å². The third-order valence-electron chi connectivity index (χ3n) is 2.90. The van der Waals surface area contributed by atoms with Crippen molar-refractivity contribution in [2.75, 3.05) is 0 Å². The summed E-state index contributed by atoms with van der Waals surface area (Å²) in [4.78, 5) is 0. The lowest BCUT2D eigenvalue weighted by Gasteiger charge is -2.28. The fourth-order valence-corrected chi connectivity index (χ4v) is 1.88. The molecule has 0 fully saturated rings. The highest BCUT2D eigenvalue weighted by Crippen LogP contribution is 2.34. The van der Waals surface area contributed by atoms with Gasteiger partial charge < -0.3 is 0 Å². The molecule has 0 amide bonds. The molecule has 0 unspecified atom stereocenters. The van der Waals surface area contributed by atoms with Gasteiger partial charge >= 0.3 is 0 Å². The summed E-state index contributed by atoms with van der Waals surface area (Å²) in [5, 5.41) is 0. The normalized spacial score (nSPS) is 11.6. The van der Waals surface area contributed by atoms with E-state index in [-0.39, 0.29) is 0 Å². The van der Waals surface area contributed by atoms with Crippen LogP contribution in [0.5, 0.6) is 0 Å². The van der Waals surface area contributed by atoms with Gasteiger partial charge in [0.2, 0.25) is 0 Å². The maximum Gasteiger partial charge on any atom is -0.0291 e. The summed E-state index contributed by atoms with van der Waals surface area (Å²) in [5.41, 5.74) is 0.535. The van der Waals surface area contributed by atoms with Crippen molar-refractivity contribution < 1.29 is 0 Å². The minimum Gasteiger partial charge on any atom is -0.103 e. The molecule has 0 bridgehead atoms. The fraction of sp³-hybridized carbons (Fsp3) is 0.846. The standard InChI is InChI=1S/C13H26/c1-5-8-11-13(4,10-7-3)12-9-6-2/h7H,3,5-6,8-12H2,1-2,4H3. The summed E-state index contributed by atoms with van der Waals surface area (Å²) >= 11 is 0. The number of allylic oxidation sites excluding steroid dienone is 1. The molecule has 0 rings (SSSR count). The zero-order chi connectivity index (χ0) is 10.2. The smallest absolute Gasteiger partial charge is 0.0291 e. The molecule has 78 valence electrons. The first kappa shape index (κ1) is 12.7. The van der Waals surface area contributed by atoms with Crippen LogP contribution in [0.3, 0.4) is 0 Å². The Bertz CT molecular complexity index is 116. The Morgan fingerprint density at radius 2 is 1.54 bits per heavy atom. The highest BCUT2D eigenvalue weighted by molar-refractivity contribution is 4.82. The average molecular weight is 182 g/mol. The zero-order valence-corrected chi connectivity index (χ0v) is 9.73. The van der Waals surface area contributed by atoms with Crippen molar-refractivity contribution >= 4 is 0 Å². The van der Waals surface area contributed by atoms with Crippen molar-refractivity contribution in [2.24, 2.45) is 5.41 Å². The minimum absolute atomic E-state index is 0.535. The number of unbranched alkanes of at least 4 members (excludes halogenated alkanes) is 2. The molecule has 0 heteroatoms. The van der Waals surface area contributed by atoms with Crippen molar-refractivity contribution in [1.82, 2.24) is 0 Å². The monoisotopic (exact) mass is 182 g/mol. The minimum atomic E-state index is 0.535. The van der Waals surface area contributed by atoms with Gasteiger partial charge in [-0.1, -0.05) is 52.5 Å². The van der Waals surface area contributed by atoms with E-state index < -0.39 is 0 Å². The van der Waals surface area contributed by atoms with Crippen LogP contribution in [0.25, 0.3) is 0 Å². The molecule has 0 saturated carbocycles. The van der Waals surface area contributed by atoms with E-state index in [0.717, 1.165) is 0 Å². The molecule has 0 aliphatic carbocycles. The molecule has 0 spiro atoms. The molecule has 0 radical (unpaired) electrons. The van der Waals surface area contributed by atoms with Crippen LogP contribution in [0.1, 0.15) is 65.7 Å². The van der Waals surface area contributed by atoms with Crippen LogP contribution in [-0.4, -0.2) is 0 Å². The predicted octanol–water partition coefficient (Wildman–Crippen LogP) is 4.95. The summed E-state index contributed by atoms with van der Waals surface area (Å²) in [6, 6.07) is 0. The third-order valence-corrected chi connectivity index (χ3v) is 2.90. The summed E-state index contributed by atoms with van der Waals surface area (Å²) in [7, 11) is 0. The molecule has 0 heterocycles. The summed E-state index contributed by atoms with van der Waals surface area (Å²) in [5.74, 6) is 0. The quantitative estimate of drug-likeness (QED) is 0.466. The molecule has 0 aliphatic rings. The fourth-order valence-electron chi connectivity index (χ4n) is 1.88.